The Hall–Kier alpha value is -3.16. The number of benzene rings is 2. The molecule has 0 radical (unpaired) electrons. The zero-order valence-electron chi connectivity index (χ0n) is 19.6. The number of hydrogen-bond donors (Lipinski definition) is 2. The van der Waals surface area contributed by atoms with Crippen molar-refractivity contribution in [3.63, 3.8) is 0 Å². The van der Waals surface area contributed by atoms with Crippen LogP contribution in [-0.2, 0) is 6.54 Å². The molecule has 2 heterocycles. The van der Waals surface area contributed by atoms with E-state index < -0.39 is 0 Å². The number of piperazine rings is 1. The summed E-state index contributed by atoms with van der Waals surface area (Å²) in [4.78, 5) is 13.9. The molecule has 0 saturated carbocycles. The van der Waals surface area contributed by atoms with Crippen LogP contribution in [0, 0.1) is 0 Å². The molecule has 0 aliphatic carbocycles. The largest absolute Gasteiger partial charge is 0.444 e. The number of guanidine groups is 1. The van der Waals surface area contributed by atoms with Gasteiger partial charge in [0.05, 0.1) is 12.2 Å². The van der Waals surface area contributed by atoms with Gasteiger partial charge in [0, 0.05) is 51.4 Å². The second-order valence-corrected chi connectivity index (χ2v) is 8.44. The minimum absolute atomic E-state index is 0.452. The maximum Gasteiger partial charge on any atom is 0.226 e. The molecule has 1 atom stereocenters. The van der Waals surface area contributed by atoms with Crippen molar-refractivity contribution < 1.29 is 4.42 Å². The maximum absolute atomic E-state index is 5.62. The molecule has 0 amide bonds. The van der Waals surface area contributed by atoms with Gasteiger partial charge >= 0.3 is 0 Å². The molecule has 1 fully saturated rings. The van der Waals surface area contributed by atoms with Crippen molar-refractivity contribution >= 4 is 5.96 Å². The summed E-state index contributed by atoms with van der Waals surface area (Å²) >= 11 is 0. The lowest BCUT2D eigenvalue weighted by molar-refractivity contribution is 0.0891. The number of rotatable bonds is 8. The third-order valence-electron chi connectivity index (χ3n) is 6.03. The molecule has 4 rings (SSSR count). The van der Waals surface area contributed by atoms with Crippen molar-refractivity contribution in [3.8, 4) is 11.5 Å². The number of aliphatic imine (C=N–C) groups is 1. The van der Waals surface area contributed by atoms with Gasteiger partial charge in [-0.15, -0.1) is 0 Å². The Labute approximate surface area is 196 Å². The average Bonchev–Trinajstić information content (AvgIpc) is 3.34. The molecule has 174 valence electrons. The second-order valence-electron chi connectivity index (χ2n) is 8.44. The second kappa shape index (κ2) is 11.6. The van der Waals surface area contributed by atoms with E-state index in [1.807, 2.05) is 30.3 Å². The van der Waals surface area contributed by atoms with Gasteiger partial charge in [0.1, 0.15) is 6.26 Å². The maximum atomic E-state index is 5.62. The number of oxazole rings is 1. The summed E-state index contributed by atoms with van der Waals surface area (Å²) in [7, 11) is 4.00. The minimum atomic E-state index is 0.452. The lowest BCUT2D eigenvalue weighted by atomic mass is 10.0. The van der Waals surface area contributed by atoms with E-state index in [2.05, 4.69) is 67.8 Å². The topological polar surface area (TPSA) is 68.9 Å². The fourth-order valence-electron chi connectivity index (χ4n) is 4.20. The number of likely N-dealkylation sites (N-methyl/N-ethyl adjacent to an activating group) is 1. The lowest BCUT2D eigenvalue weighted by Gasteiger charge is -2.40. The lowest BCUT2D eigenvalue weighted by Crippen LogP contribution is -2.47. The van der Waals surface area contributed by atoms with Crippen LogP contribution in [0.2, 0.25) is 0 Å². The predicted molar refractivity (Wildman–Crippen MR) is 133 cm³/mol. The first kappa shape index (κ1) is 23.0. The molecule has 3 aromatic rings. The van der Waals surface area contributed by atoms with Gasteiger partial charge in [-0.1, -0.05) is 48.5 Å². The van der Waals surface area contributed by atoms with Gasteiger partial charge in [0.15, 0.2) is 5.96 Å². The van der Waals surface area contributed by atoms with Crippen LogP contribution in [0.5, 0.6) is 0 Å². The van der Waals surface area contributed by atoms with Crippen LogP contribution >= 0.6 is 0 Å². The summed E-state index contributed by atoms with van der Waals surface area (Å²) < 4.78 is 5.62. The first-order valence-corrected chi connectivity index (χ1v) is 11.6. The van der Waals surface area contributed by atoms with Gasteiger partial charge in [-0.05, 0) is 31.2 Å². The van der Waals surface area contributed by atoms with E-state index in [0.29, 0.717) is 18.5 Å². The van der Waals surface area contributed by atoms with Crippen molar-refractivity contribution in [1.29, 1.82) is 0 Å². The molecule has 1 aromatic heterocycles. The highest BCUT2D eigenvalue weighted by atomic mass is 16.3. The third kappa shape index (κ3) is 6.43. The molecule has 33 heavy (non-hydrogen) atoms. The smallest absolute Gasteiger partial charge is 0.226 e. The summed E-state index contributed by atoms with van der Waals surface area (Å²) in [5, 5.41) is 6.75. The Morgan fingerprint density at radius 1 is 1.06 bits per heavy atom. The first-order valence-electron chi connectivity index (χ1n) is 11.6. The van der Waals surface area contributed by atoms with E-state index in [4.69, 9.17) is 4.42 Å². The van der Waals surface area contributed by atoms with Crippen molar-refractivity contribution in [3.05, 3.63) is 78.2 Å². The Kier molecular flexibility index (Phi) is 8.11. The molecule has 2 N–H and O–H groups in total. The predicted octanol–water partition coefficient (Wildman–Crippen LogP) is 3.39. The molecule has 1 unspecified atom stereocenters. The Morgan fingerprint density at radius 3 is 2.58 bits per heavy atom. The highest BCUT2D eigenvalue weighted by Crippen LogP contribution is 2.24. The van der Waals surface area contributed by atoms with Crippen molar-refractivity contribution in [2.24, 2.45) is 4.99 Å². The fraction of sp³-hybridized carbons (Fsp3) is 0.385. The number of aromatic nitrogens is 1. The minimum Gasteiger partial charge on any atom is -0.444 e. The molecule has 7 nitrogen and oxygen atoms in total. The van der Waals surface area contributed by atoms with Gasteiger partial charge in [-0.2, -0.15) is 0 Å². The van der Waals surface area contributed by atoms with Crippen LogP contribution in [0.15, 0.2) is 76.3 Å². The molecular formula is C26H34N6O. The van der Waals surface area contributed by atoms with Crippen molar-refractivity contribution in [1.82, 2.24) is 25.4 Å². The Bertz CT molecular complexity index is 1000. The van der Waals surface area contributed by atoms with E-state index in [9.17, 15) is 0 Å². The standard InChI is InChI=1S/C26H34N6O/c1-27-26(29-18-23-20-33-25(30-23)22-12-7-4-8-13-22)28-14-9-15-32-17-16-31(2)19-24(32)21-10-5-3-6-11-21/h3-8,10-13,20,24H,9,14-19H2,1-2H3,(H2,27,28,29). The van der Waals surface area contributed by atoms with E-state index >= 15 is 0 Å². The Balaban J connectivity index is 1.22. The van der Waals surface area contributed by atoms with E-state index in [1.165, 1.54) is 5.56 Å². The zero-order valence-corrected chi connectivity index (χ0v) is 19.6. The average molecular weight is 447 g/mol. The molecule has 0 bridgehead atoms. The first-order chi connectivity index (χ1) is 16.2. The summed E-state index contributed by atoms with van der Waals surface area (Å²) in [6.45, 7) is 5.76. The van der Waals surface area contributed by atoms with Crippen LogP contribution in [0.3, 0.4) is 0 Å². The van der Waals surface area contributed by atoms with Crippen molar-refractivity contribution in [2.45, 2.75) is 19.0 Å². The molecule has 1 aliphatic rings. The van der Waals surface area contributed by atoms with Crippen LogP contribution in [0.4, 0.5) is 0 Å². The van der Waals surface area contributed by atoms with Gasteiger partial charge in [-0.25, -0.2) is 4.98 Å². The van der Waals surface area contributed by atoms with Crippen LogP contribution < -0.4 is 10.6 Å². The molecular weight excluding hydrogens is 412 g/mol. The van der Waals surface area contributed by atoms with Gasteiger partial charge in [-0.3, -0.25) is 9.89 Å². The molecule has 7 heteroatoms. The monoisotopic (exact) mass is 446 g/mol. The molecule has 1 aliphatic heterocycles. The quantitative estimate of drug-likeness (QED) is 0.314. The third-order valence-corrected chi connectivity index (χ3v) is 6.03. The SMILES string of the molecule is CN=C(NCCCN1CCN(C)CC1c1ccccc1)NCc1coc(-c2ccccc2)n1. The van der Waals surface area contributed by atoms with Crippen LogP contribution in [0.25, 0.3) is 11.5 Å². The normalized spacial score (nSPS) is 17.8. The summed E-state index contributed by atoms with van der Waals surface area (Å²) in [5.41, 5.74) is 3.22. The molecule has 2 aromatic carbocycles. The van der Waals surface area contributed by atoms with Gasteiger partial charge in [0.25, 0.3) is 0 Å². The van der Waals surface area contributed by atoms with Gasteiger partial charge in [0.2, 0.25) is 5.89 Å². The van der Waals surface area contributed by atoms with Crippen molar-refractivity contribution in [2.75, 3.05) is 46.8 Å². The molecule has 1 saturated heterocycles. The highest BCUT2D eigenvalue weighted by Gasteiger charge is 2.25. The van der Waals surface area contributed by atoms with E-state index in [1.54, 1.807) is 13.3 Å². The summed E-state index contributed by atoms with van der Waals surface area (Å²) in [6.07, 6.45) is 2.75. The fourth-order valence-corrected chi connectivity index (χ4v) is 4.20. The van der Waals surface area contributed by atoms with E-state index in [0.717, 1.165) is 56.4 Å². The van der Waals surface area contributed by atoms with Crippen LogP contribution in [0.1, 0.15) is 23.7 Å². The number of hydrogen-bond acceptors (Lipinski definition) is 5. The zero-order chi connectivity index (χ0) is 22.9. The summed E-state index contributed by atoms with van der Waals surface area (Å²) in [5.74, 6) is 1.41. The van der Waals surface area contributed by atoms with Gasteiger partial charge < -0.3 is 20.0 Å². The Morgan fingerprint density at radius 2 is 1.82 bits per heavy atom. The van der Waals surface area contributed by atoms with Crippen LogP contribution in [-0.4, -0.2) is 67.6 Å². The van der Waals surface area contributed by atoms with E-state index in [-0.39, 0.29) is 0 Å². The molecule has 0 spiro atoms. The number of nitrogens with zero attached hydrogens (tertiary/aromatic N) is 4. The number of nitrogens with one attached hydrogen (secondary N) is 2. The highest BCUT2D eigenvalue weighted by molar-refractivity contribution is 5.79. The summed E-state index contributed by atoms with van der Waals surface area (Å²) in [6, 6.07) is 21.2.